The molecule has 33 heavy (non-hydrogen) atoms. The fourth-order valence-corrected chi connectivity index (χ4v) is 3.57. The van der Waals surface area contributed by atoms with Gasteiger partial charge in [-0.3, -0.25) is 9.89 Å². The van der Waals surface area contributed by atoms with Gasteiger partial charge in [-0.05, 0) is 55.6 Å². The Bertz CT molecular complexity index is 1300. The quantitative estimate of drug-likeness (QED) is 0.448. The lowest BCUT2D eigenvalue weighted by Gasteiger charge is -2.12. The normalized spacial score (nSPS) is 11.8. The molecule has 2 aromatic heterocycles. The largest absolute Gasteiger partial charge is 0.416 e. The third kappa shape index (κ3) is 4.88. The summed E-state index contributed by atoms with van der Waals surface area (Å²) < 4.78 is 39.7. The fourth-order valence-electron chi connectivity index (χ4n) is 3.57. The van der Waals surface area contributed by atoms with E-state index in [-0.39, 0.29) is 5.91 Å². The van der Waals surface area contributed by atoms with Crippen molar-refractivity contribution in [3.8, 4) is 22.4 Å². The number of hydrogen-bond acceptors (Lipinski definition) is 4. The molecule has 170 valence electrons. The Balaban J connectivity index is 1.75. The molecule has 4 aromatic rings. The van der Waals surface area contributed by atoms with Crippen LogP contribution in [0.15, 0.2) is 60.8 Å². The summed E-state index contributed by atoms with van der Waals surface area (Å²) in [5.74, 6) is -0.200. The molecule has 0 saturated heterocycles. The van der Waals surface area contributed by atoms with Crippen LogP contribution in [0.2, 0.25) is 0 Å². The minimum atomic E-state index is -4.46. The number of carbonyl (C=O) groups excluding carboxylic acids is 1. The van der Waals surface area contributed by atoms with Crippen molar-refractivity contribution < 1.29 is 18.0 Å². The monoisotopic (exact) mass is 453 g/mol. The maximum absolute atomic E-state index is 13.2. The number of halogens is 3. The van der Waals surface area contributed by atoms with E-state index in [1.54, 1.807) is 36.5 Å². The predicted molar refractivity (Wildman–Crippen MR) is 121 cm³/mol. The van der Waals surface area contributed by atoms with E-state index in [9.17, 15) is 18.0 Å². The summed E-state index contributed by atoms with van der Waals surface area (Å²) in [4.78, 5) is 18.8. The molecule has 0 spiro atoms. The van der Waals surface area contributed by atoms with Crippen molar-refractivity contribution in [2.75, 3.05) is 27.2 Å². The number of nitrogens with one attached hydrogen (secondary N) is 2. The van der Waals surface area contributed by atoms with Gasteiger partial charge >= 0.3 is 6.18 Å². The van der Waals surface area contributed by atoms with E-state index in [0.29, 0.717) is 46.5 Å². The molecule has 0 aliphatic carbocycles. The molecule has 9 heteroatoms. The van der Waals surface area contributed by atoms with Crippen molar-refractivity contribution in [3.63, 3.8) is 0 Å². The summed E-state index contributed by atoms with van der Waals surface area (Å²) in [5, 5.41) is 10.5. The van der Waals surface area contributed by atoms with Gasteiger partial charge in [0.25, 0.3) is 5.91 Å². The molecule has 6 nitrogen and oxygen atoms in total. The van der Waals surface area contributed by atoms with Gasteiger partial charge in [0.1, 0.15) is 0 Å². The van der Waals surface area contributed by atoms with Crippen LogP contribution in [-0.2, 0) is 6.18 Å². The summed E-state index contributed by atoms with van der Waals surface area (Å²) in [6, 6.07) is 13.9. The molecule has 0 aliphatic rings. The Hall–Kier alpha value is -3.72. The highest BCUT2D eigenvalue weighted by Gasteiger charge is 2.30. The van der Waals surface area contributed by atoms with Crippen molar-refractivity contribution in [3.05, 3.63) is 71.9 Å². The van der Waals surface area contributed by atoms with E-state index >= 15 is 0 Å². The molecule has 0 bridgehead atoms. The summed E-state index contributed by atoms with van der Waals surface area (Å²) in [6.07, 6.45) is -2.88. The number of likely N-dealkylation sites (N-methyl/N-ethyl adjacent to an activating group) is 1. The van der Waals surface area contributed by atoms with E-state index in [4.69, 9.17) is 0 Å². The number of carbonyl (C=O) groups is 1. The van der Waals surface area contributed by atoms with Crippen LogP contribution >= 0.6 is 0 Å². The summed E-state index contributed by atoms with van der Waals surface area (Å²) in [6.45, 7) is 1.22. The SMILES string of the molecule is CN(C)CCNC(=O)c1cccc(-c2ccnc3n[nH]c(-c4cccc(C(F)(F)F)c4)c23)c1. The van der Waals surface area contributed by atoms with Crippen LogP contribution in [0.1, 0.15) is 15.9 Å². The number of hydrogen-bond donors (Lipinski definition) is 2. The van der Waals surface area contributed by atoms with Crippen LogP contribution in [0, 0.1) is 0 Å². The Morgan fingerprint density at radius 2 is 1.82 bits per heavy atom. The van der Waals surface area contributed by atoms with Gasteiger partial charge in [-0.2, -0.15) is 18.3 Å². The zero-order chi connectivity index (χ0) is 23.6. The number of fused-ring (bicyclic) bond motifs is 1. The first-order valence-electron chi connectivity index (χ1n) is 10.3. The number of rotatable bonds is 6. The smallest absolute Gasteiger partial charge is 0.351 e. The summed E-state index contributed by atoms with van der Waals surface area (Å²) in [7, 11) is 3.85. The predicted octanol–water partition coefficient (Wildman–Crippen LogP) is 4.60. The van der Waals surface area contributed by atoms with Crippen molar-refractivity contribution in [1.82, 2.24) is 25.4 Å². The van der Waals surface area contributed by atoms with Crippen LogP contribution in [0.4, 0.5) is 13.2 Å². The maximum atomic E-state index is 13.2. The molecule has 0 aliphatic heterocycles. The van der Waals surface area contributed by atoms with E-state index in [1.807, 2.05) is 25.1 Å². The Morgan fingerprint density at radius 3 is 2.58 bits per heavy atom. The highest BCUT2D eigenvalue weighted by Crippen LogP contribution is 2.37. The number of amides is 1. The van der Waals surface area contributed by atoms with E-state index < -0.39 is 11.7 Å². The lowest BCUT2D eigenvalue weighted by atomic mass is 9.97. The zero-order valence-electron chi connectivity index (χ0n) is 18.1. The van der Waals surface area contributed by atoms with Gasteiger partial charge in [-0.1, -0.05) is 24.3 Å². The van der Waals surface area contributed by atoms with Gasteiger partial charge in [0, 0.05) is 30.4 Å². The lowest BCUT2D eigenvalue weighted by Crippen LogP contribution is -2.31. The zero-order valence-corrected chi connectivity index (χ0v) is 18.1. The van der Waals surface area contributed by atoms with Crippen LogP contribution in [0.5, 0.6) is 0 Å². The number of nitrogens with zero attached hydrogens (tertiary/aromatic N) is 3. The van der Waals surface area contributed by atoms with Crippen LogP contribution in [0.3, 0.4) is 0 Å². The molecule has 1 amide bonds. The third-order valence-electron chi connectivity index (χ3n) is 5.21. The summed E-state index contributed by atoms with van der Waals surface area (Å²) in [5.41, 5.74) is 2.34. The van der Waals surface area contributed by atoms with Gasteiger partial charge in [0.05, 0.1) is 16.6 Å². The molecule has 2 heterocycles. The second-order valence-electron chi connectivity index (χ2n) is 7.87. The third-order valence-corrected chi connectivity index (χ3v) is 5.21. The van der Waals surface area contributed by atoms with Crippen LogP contribution in [0.25, 0.3) is 33.4 Å². The molecule has 2 N–H and O–H groups in total. The highest BCUT2D eigenvalue weighted by atomic mass is 19.4. The fraction of sp³-hybridized carbons (Fsp3) is 0.208. The van der Waals surface area contributed by atoms with Crippen molar-refractivity contribution in [1.29, 1.82) is 0 Å². The molecule has 0 saturated carbocycles. The summed E-state index contributed by atoms with van der Waals surface area (Å²) >= 11 is 0. The molecule has 0 atom stereocenters. The van der Waals surface area contributed by atoms with E-state index in [1.165, 1.54) is 6.07 Å². The Kier molecular flexibility index (Phi) is 6.15. The lowest BCUT2D eigenvalue weighted by molar-refractivity contribution is -0.137. The maximum Gasteiger partial charge on any atom is 0.416 e. The molecular weight excluding hydrogens is 431 g/mol. The first-order chi connectivity index (χ1) is 15.7. The van der Waals surface area contributed by atoms with Gasteiger partial charge in [-0.15, -0.1) is 0 Å². The van der Waals surface area contributed by atoms with E-state index in [0.717, 1.165) is 17.7 Å². The highest BCUT2D eigenvalue weighted by molar-refractivity contribution is 6.03. The number of aromatic amines is 1. The minimum absolute atomic E-state index is 0.200. The first kappa shape index (κ1) is 22.5. The average molecular weight is 453 g/mol. The van der Waals surface area contributed by atoms with Crippen molar-refractivity contribution in [2.45, 2.75) is 6.18 Å². The number of alkyl halides is 3. The Labute approximate surface area is 188 Å². The van der Waals surface area contributed by atoms with Gasteiger partial charge in [0.15, 0.2) is 5.65 Å². The second kappa shape index (κ2) is 9.03. The average Bonchev–Trinajstić information content (AvgIpc) is 3.23. The Morgan fingerprint density at radius 1 is 1.06 bits per heavy atom. The molecule has 4 rings (SSSR count). The number of aromatic nitrogens is 3. The van der Waals surface area contributed by atoms with Gasteiger partial charge < -0.3 is 10.2 Å². The van der Waals surface area contributed by atoms with Crippen molar-refractivity contribution in [2.24, 2.45) is 0 Å². The molecule has 0 radical (unpaired) electrons. The van der Waals surface area contributed by atoms with Crippen LogP contribution in [-0.4, -0.2) is 53.2 Å². The van der Waals surface area contributed by atoms with Gasteiger partial charge in [0.2, 0.25) is 0 Å². The number of benzene rings is 2. The van der Waals surface area contributed by atoms with Crippen LogP contribution < -0.4 is 5.32 Å². The second-order valence-corrected chi connectivity index (χ2v) is 7.87. The van der Waals surface area contributed by atoms with Gasteiger partial charge in [-0.25, -0.2) is 4.98 Å². The minimum Gasteiger partial charge on any atom is -0.351 e. The molecule has 0 unspecified atom stereocenters. The first-order valence-corrected chi connectivity index (χ1v) is 10.3. The number of pyridine rings is 1. The van der Waals surface area contributed by atoms with Crippen molar-refractivity contribution >= 4 is 16.9 Å². The molecular formula is C24H22F3N5O. The molecule has 0 fully saturated rings. The topological polar surface area (TPSA) is 73.9 Å². The standard InChI is InChI=1S/C24H22F3N5O/c1-32(2)12-11-29-23(33)17-7-3-5-15(13-17)19-9-10-28-22-20(19)21(30-31-22)16-6-4-8-18(14-16)24(25,26)27/h3-10,13-14H,11-12H2,1-2H3,(H,29,33)(H,28,30,31). The van der Waals surface area contributed by atoms with E-state index in [2.05, 4.69) is 20.5 Å². The number of H-pyrrole nitrogens is 1. The molecule has 2 aromatic carbocycles.